The molecule has 0 unspecified atom stereocenters. The fourth-order valence-corrected chi connectivity index (χ4v) is 2.66. The molecule has 0 radical (unpaired) electrons. The van der Waals surface area contributed by atoms with Crippen LogP contribution >= 0.6 is 0 Å². The predicted octanol–water partition coefficient (Wildman–Crippen LogP) is 3.38. The Labute approximate surface area is 120 Å². The average Bonchev–Trinajstić information content (AvgIpc) is 2.93. The van der Waals surface area contributed by atoms with Gasteiger partial charge in [-0.15, -0.1) is 0 Å². The van der Waals surface area contributed by atoms with Gasteiger partial charge in [0.1, 0.15) is 0 Å². The van der Waals surface area contributed by atoms with Gasteiger partial charge in [0.2, 0.25) is 0 Å². The van der Waals surface area contributed by atoms with Crippen molar-refractivity contribution >= 4 is 11.7 Å². The van der Waals surface area contributed by atoms with Crippen LogP contribution in [0.15, 0.2) is 18.2 Å². The van der Waals surface area contributed by atoms with Crippen LogP contribution in [0.1, 0.15) is 37.3 Å². The quantitative estimate of drug-likeness (QED) is 0.885. The molecule has 0 spiro atoms. The summed E-state index contributed by atoms with van der Waals surface area (Å²) in [6, 6.07) is 5.94. The first-order chi connectivity index (χ1) is 9.60. The number of urea groups is 1. The van der Waals surface area contributed by atoms with Gasteiger partial charge in [0.25, 0.3) is 0 Å². The highest BCUT2D eigenvalue weighted by Gasteiger charge is 2.25. The van der Waals surface area contributed by atoms with Gasteiger partial charge < -0.3 is 15.4 Å². The second kappa shape index (κ2) is 6.75. The predicted molar refractivity (Wildman–Crippen MR) is 81.1 cm³/mol. The molecule has 4 nitrogen and oxygen atoms in total. The zero-order valence-corrected chi connectivity index (χ0v) is 12.5. The summed E-state index contributed by atoms with van der Waals surface area (Å²) in [5.41, 5.74) is 3.12. The fraction of sp³-hybridized carbons (Fsp3) is 0.562. The lowest BCUT2D eigenvalue weighted by Gasteiger charge is -2.23. The van der Waals surface area contributed by atoms with Crippen LogP contribution in [0.2, 0.25) is 0 Å². The molecular weight excluding hydrogens is 252 g/mol. The molecule has 1 fully saturated rings. The average molecular weight is 276 g/mol. The number of benzene rings is 1. The van der Waals surface area contributed by atoms with Gasteiger partial charge in [-0.3, -0.25) is 0 Å². The van der Waals surface area contributed by atoms with Crippen molar-refractivity contribution < 1.29 is 9.53 Å². The first-order valence-electron chi connectivity index (χ1n) is 7.36. The Balaban J connectivity index is 1.93. The van der Waals surface area contributed by atoms with Crippen LogP contribution in [-0.2, 0) is 4.74 Å². The first kappa shape index (κ1) is 14.9. The zero-order valence-electron chi connectivity index (χ0n) is 12.5. The van der Waals surface area contributed by atoms with Gasteiger partial charge in [0, 0.05) is 12.3 Å². The summed E-state index contributed by atoms with van der Waals surface area (Å²) < 4.78 is 5.65. The maximum Gasteiger partial charge on any atom is 0.319 e. The number of rotatable bonds is 4. The number of carbonyl (C=O) groups is 1. The van der Waals surface area contributed by atoms with E-state index >= 15 is 0 Å². The van der Waals surface area contributed by atoms with Crippen LogP contribution in [0.4, 0.5) is 10.5 Å². The van der Waals surface area contributed by atoms with E-state index in [0.29, 0.717) is 0 Å². The molecule has 1 aromatic carbocycles. The summed E-state index contributed by atoms with van der Waals surface area (Å²) in [5, 5.41) is 5.94. The second-order valence-electron chi connectivity index (χ2n) is 5.48. The second-order valence-corrected chi connectivity index (χ2v) is 5.48. The standard InChI is InChI=1S/C16H24N2O2/c1-4-13(15-6-5-9-20-15)17-16(19)18-14-8-7-11(2)10-12(14)3/h7-8,10,13,15H,4-6,9H2,1-3H3,(H2,17,18,19)/t13-,15+/m1/s1. The summed E-state index contributed by atoms with van der Waals surface area (Å²) in [6.07, 6.45) is 3.15. The van der Waals surface area contributed by atoms with Crippen molar-refractivity contribution in [1.82, 2.24) is 5.32 Å². The van der Waals surface area contributed by atoms with E-state index in [-0.39, 0.29) is 18.2 Å². The Morgan fingerprint density at radius 2 is 2.25 bits per heavy atom. The number of ether oxygens (including phenoxy) is 1. The van der Waals surface area contributed by atoms with E-state index in [1.807, 2.05) is 26.0 Å². The highest BCUT2D eigenvalue weighted by atomic mass is 16.5. The molecule has 2 amide bonds. The number of nitrogens with one attached hydrogen (secondary N) is 2. The molecule has 4 heteroatoms. The van der Waals surface area contributed by atoms with E-state index in [1.165, 1.54) is 5.56 Å². The van der Waals surface area contributed by atoms with Gasteiger partial charge in [-0.2, -0.15) is 0 Å². The number of carbonyl (C=O) groups excluding carboxylic acids is 1. The third-order valence-corrected chi connectivity index (χ3v) is 3.80. The smallest absolute Gasteiger partial charge is 0.319 e. The summed E-state index contributed by atoms with van der Waals surface area (Å²) in [7, 11) is 0. The van der Waals surface area contributed by atoms with Gasteiger partial charge in [-0.25, -0.2) is 4.79 Å². The molecule has 110 valence electrons. The Kier molecular flexibility index (Phi) is 5.01. The van der Waals surface area contributed by atoms with Crippen molar-refractivity contribution in [3.05, 3.63) is 29.3 Å². The maximum atomic E-state index is 12.1. The third kappa shape index (κ3) is 3.73. The van der Waals surface area contributed by atoms with E-state index in [0.717, 1.165) is 37.1 Å². The Morgan fingerprint density at radius 1 is 1.45 bits per heavy atom. The Morgan fingerprint density at radius 3 is 2.85 bits per heavy atom. The first-order valence-corrected chi connectivity index (χ1v) is 7.36. The molecule has 0 aromatic heterocycles. The zero-order chi connectivity index (χ0) is 14.5. The van der Waals surface area contributed by atoms with Gasteiger partial charge in [0.05, 0.1) is 12.1 Å². The Hall–Kier alpha value is -1.55. The highest BCUT2D eigenvalue weighted by Crippen LogP contribution is 2.19. The summed E-state index contributed by atoms with van der Waals surface area (Å²) in [5.74, 6) is 0. The van der Waals surface area contributed by atoms with Crippen LogP contribution < -0.4 is 10.6 Å². The normalized spacial score (nSPS) is 19.6. The molecule has 20 heavy (non-hydrogen) atoms. The van der Waals surface area contributed by atoms with E-state index in [2.05, 4.69) is 23.6 Å². The van der Waals surface area contributed by atoms with Crippen molar-refractivity contribution in [2.45, 2.75) is 52.2 Å². The lowest BCUT2D eigenvalue weighted by molar-refractivity contribution is 0.0804. The van der Waals surface area contributed by atoms with E-state index < -0.39 is 0 Å². The summed E-state index contributed by atoms with van der Waals surface area (Å²) >= 11 is 0. The molecule has 1 aromatic rings. The van der Waals surface area contributed by atoms with Crippen molar-refractivity contribution in [2.24, 2.45) is 0 Å². The van der Waals surface area contributed by atoms with Gasteiger partial charge >= 0.3 is 6.03 Å². The minimum Gasteiger partial charge on any atom is -0.376 e. The molecule has 2 rings (SSSR count). The summed E-state index contributed by atoms with van der Waals surface area (Å²) in [6.45, 7) is 6.92. The topological polar surface area (TPSA) is 50.4 Å². The number of hydrogen-bond donors (Lipinski definition) is 2. The third-order valence-electron chi connectivity index (χ3n) is 3.80. The van der Waals surface area contributed by atoms with Crippen LogP contribution in [0.3, 0.4) is 0 Å². The molecule has 2 atom stereocenters. The minimum atomic E-state index is -0.153. The molecule has 2 N–H and O–H groups in total. The summed E-state index contributed by atoms with van der Waals surface area (Å²) in [4.78, 5) is 12.1. The van der Waals surface area contributed by atoms with Crippen LogP contribution in [0.5, 0.6) is 0 Å². The maximum absolute atomic E-state index is 12.1. The SMILES string of the molecule is CC[C@@H](NC(=O)Nc1ccc(C)cc1C)[C@@H]1CCCO1. The van der Waals surface area contributed by atoms with Crippen LogP contribution in [0, 0.1) is 13.8 Å². The van der Waals surface area contributed by atoms with Gasteiger partial charge in [0.15, 0.2) is 0 Å². The van der Waals surface area contributed by atoms with Crippen molar-refractivity contribution in [2.75, 3.05) is 11.9 Å². The fourth-order valence-electron chi connectivity index (χ4n) is 2.66. The molecule has 1 aliphatic heterocycles. The molecule has 0 bridgehead atoms. The van der Waals surface area contributed by atoms with E-state index in [1.54, 1.807) is 0 Å². The molecular formula is C16H24N2O2. The number of anilines is 1. The number of amides is 2. The molecule has 1 aliphatic rings. The Bertz CT molecular complexity index is 468. The van der Waals surface area contributed by atoms with Crippen molar-refractivity contribution in [3.63, 3.8) is 0 Å². The number of aryl methyl sites for hydroxylation is 2. The molecule has 0 aliphatic carbocycles. The minimum absolute atomic E-state index is 0.0863. The van der Waals surface area contributed by atoms with Crippen molar-refractivity contribution in [3.8, 4) is 0 Å². The van der Waals surface area contributed by atoms with Gasteiger partial charge in [-0.1, -0.05) is 24.6 Å². The largest absolute Gasteiger partial charge is 0.376 e. The van der Waals surface area contributed by atoms with Gasteiger partial charge in [-0.05, 0) is 44.7 Å². The number of hydrogen-bond acceptors (Lipinski definition) is 2. The monoisotopic (exact) mass is 276 g/mol. The van der Waals surface area contributed by atoms with Crippen molar-refractivity contribution in [1.29, 1.82) is 0 Å². The molecule has 1 heterocycles. The van der Waals surface area contributed by atoms with Crippen LogP contribution in [-0.4, -0.2) is 24.8 Å². The van der Waals surface area contributed by atoms with E-state index in [9.17, 15) is 4.79 Å². The lowest BCUT2D eigenvalue weighted by Crippen LogP contribution is -2.44. The molecule has 0 saturated carbocycles. The van der Waals surface area contributed by atoms with E-state index in [4.69, 9.17) is 4.74 Å². The lowest BCUT2D eigenvalue weighted by atomic mass is 10.1. The molecule has 1 saturated heterocycles. The van der Waals surface area contributed by atoms with Crippen LogP contribution in [0.25, 0.3) is 0 Å². The highest BCUT2D eigenvalue weighted by molar-refractivity contribution is 5.90.